The van der Waals surface area contributed by atoms with Crippen LogP contribution >= 0.6 is 11.3 Å². The molecule has 16 heavy (non-hydrogen) atoms. The summed E-state index contributed by atoms with van der Waals surface area (Å²) in [5.74, 6) is 0. The maximum absolute atomic E-state index is 5.03. The van der Waals surface area contributed by atoms with Gasteiger partial charge >= 0.3 is 6.01 Å². The first kappa shape index (κ1) is 9.53. The average molecular weight is 234 g/mol. The molecular formula is C10H10N4OS. The largest absolute Gasteiger partial charge is 0.466 e. The zero-order valence-electron chi connectivity index (χ0n) is 9.18. The van der Waals surface area contributed by atoms with Crippen LogP contribution in [0.5, 0.6) is 6.01 Å². The van der Waals surface area contributed by atoms with Gasteiger partial charge in [0.05, 0.1) is 12.5 Å². The molecule has 0 saturated heterocycles. The molecule has 3 heterocycles. The Kier molecular flexibility index (Phi) is 1.88. The van der Waals surface area contributed by atoms with E-state index in [9.17, 15) is 0 Å². The summed E-state index contributed by atoms with van der Waals surface area (Å²) in [5, 5.41) is 5.23. The van der Waals surface area contributed by atoms with Crippen LogP contribution in [-0.2, 0) is 0 Å². The summed E-state index contributed by atoms with van der Waals surface area (Å²) < 4.78 is 6.68. The lowest BCUT2D eigenvalue weighted by atomic mass is 10.2. The Balaban J connectivity index is 2.51. The van der Waals surface area contributed by atoms with Crippen molar-refractivity contribution in [2.75, 3.05) is 7.11 Å². The lowest BCUT2D eigenvalue weighted by Crippen LogP contribution is -1.90. The number of aromatic nitrogens is 4. The van der Waals surface area contributed by atoms with Crippen molar-refractivity contribution in [3.8, 4) is 6.01 Å². The summed E-state index contributed by atoms with van der Waals surface area (Å²) in [5.41, 5.74) is 2.02. The molecule has 0 N–H and O–H groups in total. The predicted molar refractivity (Wildman–Crippen MR) is 62.2 cm³/mol. The number of thiophene rings is 1. The van der Waals surface area contributed by atoms with E-state index < -0.39 is 0 Å². The van der Waals surface area contributed by atoms with E-state index in [1.165, 1.54) is 10.4 Å². The molecule has 0 aliphatic heterocycles. The topological polar surface area (TPSA) is 52.3 Å². The molecule has 0 aliphatic carbocycles. The van der Waals surface area contributed by atoms with Crippen molar-refractivity contribution in [2.24, 2.45) is 0 Å². The second kappa shape index (κ2) is 3.15. The highest BCUT2D eigenvalue weighted by atomic mass is 32.1. The molecule has 6 heteroatoms. The minimum Gasteiger partial charge on any atom is -0.466 e. The highest BCUT2D eigenvalue weighted by Gasteiger charge is 2.13. The normalized spacial score (nSPS) is 11.4. The molecule has 5 nitrogen and oxygen atoms in total. The van der Waals surface area contributed by atoms with Crippen LogP contribution in [0.2, 0.25) is 0 Å². The number of methoxy groups -OCH3 is 1. The lowest BCUT2D eigenvalue weighted by Gasteiger charge is -1.93. The number of nitrogens with zero attached hydrogens (tertiary/aromatic N) is 4. The summed E-state index contributed by atoms with van der Waals surface area (Å²) >= 11 is 1.68. The first-order chi connectivity index (χ1) is 7.70. The summed E-state index contributed by atoms with van der Waals surface area (Å²) in [6.07, 6.45) is 1.67. The van der Waals surface area contributed by atoms with Crippen LogP contribution < -0.4 is 4.74 Å². The number of hydrogen-bond donors (Lipinski definition) is 0. The van der Waals surface area contributed by atoms with Gasteiger partial charge < -0.3 is 4.74 Å². The quantitative estimate of drug-likeness (QED) is 0.646. The van der Waals surface area contributed by atoms with E-state index in [0.717, 1.165) is 15.9 Å². The SMILES string of the molecule is COc1nc2c3c(C)c(C)sc3ncn2n1. The van der Waals surface area contributed by atoms with Crippen molar-refractivity contribution in [2.45, 2.75) is 13.8 Å². The Labute approximate surface area is 95.7 Å². The smallest absolute Gasteiger partial charge is 0.336 e. The molecule has 3 rings (SSSR count). The van der Waals surface area contributed by atoms with Gasteiger partial charge in [-0.05, 0) is 19.4 Å². The van der Waals surface area contributed by atoms with E-state index >= 15 is 0 Å². The van der Waals surface area contributed by atoms with Gasteiger partial charge in [0.2, 0.25) is 0 Å². The van der Waals surface area contributed by atoms with Gasteiger partial charge in [0.1, 0.15) is 11.2 Å². The van der Waals surface area contributed by atoms with Crippen LogP contribution in [0.15, 0.2) is 6.33 Å². The molecule has 82 valence electrons. The van der Waals surface area contributed by atoms with Gasteiger partial charge in [0.15, 0.2) is 5.65 Å². The molecular weight excluding hydrogens is 224 g/mol. The Morgan fingerprint density at radius 1 is 1.38 bits per heavy atom. The fraction of sp³-hybridized carbons (Fsp3) is 0.300. The molecule has 0 aromatic carbocycles. The van der Waals surface area contributed by atoms with Crippen molar-refractivity contribution in [3.63, 3.8) is 0 Å². The molecule has 0 aliphatic rings. The van der Waals surface area contributed by atoms with E-state index in [0.29, 0.717) is 6.01 Å². The highest BCUT2D eigenvalue weighted by molar-refractivity contribution is 7.18. The molecule has 0 radical (unpaired) electrons. The number of rotatable bonds is 1. The van der Waals surface area contributed by atoms with Crippen molar-refractivity contribution in [1.82, 2.24) is 19.6 Å². The molecule has 0 atom stereocenters. The molecule has 0 spiro atoms. The molecule has 0 saturated carbocycles. The number of ether oxygens (including phenoxy) is 1. The molecule has 0 amide bonds. The van der Waals surface area contributed by atoms with Crippen molar-refractivity contribution in [1.29, 1.82) is 0 Å². The fourth-order valence-corrected chi connectivity index (χ4v) is 2.70. The zero-order chi connectivity index (χ0) is 11.3. The number of hydrogen-bond acceptors (Lipinski definition) is 5. The number of fused-ring (bicyclic) bond motifs is 3. The number of aryl methyl sites for hydroxylation is 2. The minimum absolute atomic E-state index is 0.373. The van der Waals surface area contributed by atoms with Gasteiger partial charge in [-0.2, -0.15) is 9.50 Å². The van der Waals surface area contributed by atoms with E-state index in [1.807, 2.05) is 0 Å². The van der Waals surface area contributed by atoms with Gasteiger partial charge in [-0.15, -0.1) is 16.4 Å². The summed E-state index contributed by atoms with van der Waals surface area (Å²) in [6, 6.07) is 0.373. The average Bonchev–Trinajstić information content (AvgIpc) is 2.81. The Morgan fingerprint density at radius 3 is 2.94 bits per heavy atom. The third-order valence-corrected chi connectivity index (χ3v) is 3.78. The van der Waals surface area contributed by atoms with Crippen LogP contribution in [0, 0.1) is 13.8 Å². The minimum atomic E-state index is 0.373. The second-order valence-electron chi connectivity index (χ2n) is 3.57. The molecule has 3 aromatic heterocycles. The molecule has 3 aromatic rings. The van der Waals surface area contributed by atoms with Gasteiger partial charge in [0.25, 0.3) is 0 Å². The zero-order valence-corrected chi connectivity index (χ0v) is 10.00. The maximum atomic E-state index is 5.03. The van der Waals surface area contributed by atoms with Crippen LogP contribution in [0.1, 0.15) is 10.4 Å². The lowest BCUT2D eigenvalue weighted by molar-refractivity contribution is 0.380. The first-order valence-electron chi connectivity index (χ1n) is 4.86. The van der Waals surface area contributed by atoms with Crippen molar-refractivity contribution in [3.05, 3.63) is 16.8 Å². The summed E-state index contributed by atoms with van der Waals surface area (Å²) in [7, 11) is 1.56. The predicted octanol–water partition coefficient (Wildman–Crippen LogP) is 1.96. The van der Waals surface area contributed by atoms with Gasteiger partial charge in [0, 0.05) is 4.88 Å². The van der Waals surface area contributed by atoms with E-state index in [-0.39, 0.29) is 0 Å². The Bertz CT molecular complexity index is 685. The van der Waals surface area contributed by atoms with Crippen LogP contribution in [-0.4, -0.2) is 26.7 Å². The van der Waals surface area contributed by atoms with E-state index in [1.54, 1.807) is 29.3 Å². The van der Waals surface area contributed by atoms with Crippen LogP contribution in [0.25, 0.3) is 15.9 Å². The molecule has 0 unspecified atom stereocenters. The molecule has 0 bridgehead atoms. The summed E-state index contributed by atoms with van der Waals surface area (Å²) in [6.45, 7) is 4.17. The Morgan fingerprint density at radius 2 is 2.19 bits per heavy atom. The third kappa shape index (κ3) is 1.13. The van der Waals surface area contributed by atoms with Crippen LogP contribution in [0.3, 0.4) is 0 Å². The molecule has 0 fully saturated rings. The van der Waals surface area contributed by atoms with Gasteiger partial charge in [-0.25, -0.2) is 4.98 Å². The highest BCUT2D eigenvalue weighted by Crippen LogP contribution is 2.31. The van der Waals surface area contributed by atoms with Crippen LogP contribution in [0.4, 0.5) is 0 Å². The van der Waals surface area contributed by atoms with Gasteiger partial charge in [-0.1, -0.05) is 0 Å². The van der Waals surface area contributed by atoms with E-state index in [2.05, 4.69) is 28.9 Å². The van der Waals surface area contributed by atoms with Crippen molar-refractivity contribution < 1.29 is 4.74 Å². The second-order valence-corrected chi connectivity index (χ2v) is 4.78. The fourth-order valence-electron chi connectivity index (χ4n) is 1.71. The Hall–Kier alpha value is -1.69. The summed E-state index contributed by atoms with van der Waals surface area (Å²) in [4.78, 5) is 11.0. The van der Waals surface area contributed by atoms with Gasteiger partial charge in [-0.3, -0.25) is 0 Å². The third-order valence-electron chi connectivity index (χ3n) is 2.67. The monoisotopic (exact) mass is 234 g/mol. The maximum Gasteiger partial charge on any atom is 0.336 e. The van der Waals surface area contributed by atoms with E-state index in [4.69, 9.17) is 4.74 Å². The standard InChI is InChI=1S/C10H10N4OS/c1-5-6(2)16-9-7(5)8-12-10(15-3)13-14(8)4-11-9/h4H,1-3H3. The van der Waals surface area contributed by atoms with Crippen molar-refractivity contribution >= 4 is 27.2 Å². The first-order valence-corrected chi connectivity index (χ1v) is 5.67.